The number of nitrogens with zero attached hydrogens (tertiary/aromatic N) is 4. The molecule has 1 aromatic rings. The summed E-state index contributed by atoms with van der Waals surface area (Å²) < 4.78 is 0. The van der Waals surface area contributed by atoms with Gasteiger partial charge >= 0.3 is 0 Å². The number of rotatable bonds is 3. The van der Waals surface area contributed by atoms with E-state index in [1.54, 1.807) is 17.0 Å². The van der Waals surface area contributed by atoms with Crippen LogP contribution in [-0.4, -0.2) is 58.0 Å². The largest absolute Gasteiger partial charge is 0.339 e. The summed E-state index contributed by atoms with van der Waals surface area (Å²) in [6, 6.07) is 3.11. The van der Waals surface area contributed by atoms with E-state index in [4.69, 9.17) is 11.6 Å². The van der Waals surface area contributed by atoms with Crippen molar-refractivity contribution in [2.75, 3.05) is 26.2 Å². The molecule has 1 saturated heterocycles. The van der Waals surface area contributed by atoms with E-state index in [0.717, 1.165) is 0 Å². The molecule has 21 heavy (non-hydrogen) atoms. The van der Waals surface area contributed by atoms with Crippen molar-refractivity contribution in [1.82, 2.24) is 20.0 Å². The van der Waals surface area contributed by atoms with Crippen LogP contribution in [0.3, 0.4) is 0 Å². The second-order valence-corrected chi connectivity index (χ2v) is 5.90. The van der Waals surface area contributed by atoms with Crippen molar-refractivity contribution in [2.45, 2.75) is 20.3 Å². The van der Waals surface area contributed by atoms with Gasteiger partial charge in [0.25, 0.3) is 5.91 Å². The molecular weight excluding hydrogens is 292 g/mol. The van der Waals surface area contributed by atoms with Crippen molar-refractivity contribution in [1.29, 1.82) is 0 Å². The van der Waals surface area contributed by atoms with Crippen LogP contribution in [-0.2, 0) is 4.79 Å². The lowest BCUT2D eigenvalue weighted by atomic mass is 10.1. The van der Waals surface area contributed by atoms with Gasteiger partial charge in [-0.25, -0.2) is 0 Å². The maximum Gasteiger partial charge on any atom is 0.274 e. The first-order chi connectivity index (χ1) is 9.97. The Morgan fingerprint density at radius 3 is 2.29 bits per heavy atom. The first-order valence-corrected chi connectivity index (χ1v) is 7.41. The molecule has 1 aliphatic heterocycles. The lowest BCUT2D eigenvalue weighted by Crippen LogP contribution is -2.50. The number of piperazine rings is 1. The van der Waals surface area contributed by atoms with Gasteiger partial charge < -0.3 is 9.80 Å². The Bertz CT molecular complexity index is 510. The standard InChI is InChI=1S/C14H19ClN4O2/c1-10(2)9-13(20)18-5-7-19(8-6-18)14(21)11-3-4-12(15)17-16-11/h3-4,10H,5-9H2,1-2H3. The smallest absolute Gasteiger partial charge is 0.274 e. The minimum atomic E-state index is -0.171. The van der Waals surface area contributed by atoms with E-state index in [1.807, 2.05) is 18.7 Å². The van der Waals surface area contributed by atoms with Gasteiger partial charge in [0.1, 0.15) is 0 Å². The van der Waals surface area contributed by atoms with E-state index in [9.17, 15) is 9.59 Å². The molecule has 0 N–H and O–H groups in total. The molecule has 114 valence electrons. The normalized spacial score (nSPS) is 15.4. The van der Waals surface area contributed by atoms with Crippen LogP contribution in [0.15, 0.2) is 12.1 Å². The van der Waals surface area contributed by atoms with Gasteiger partial charge in [0, 0.05) is 32.6 Å². The molecular formula is C14H19ClN4O2. The predicted octanol–water partition coefficient (Wildman–Crippen LogP) is 1.46. The second-order valence-electron chi connectivity index (χ2n) is 5.51. The number of hydrogen-bond acceptors (Lipinski definition) is 4. The van der Waals surface area contributed by atoms with Crippen molar-refractivity contribution >= 4 is 23.4 Å². The summed E-state index contributed by atoms with van der Waals surface area (Å²) in [6.45, 7) is 6.23. The SMILES string of the molecule is CC(C)CC(=O)N1CCN(C(=O)c2ccc(Cl)nn2)CC1. The molecule has 0 radical (unpaired) electrons. The second kappa shape index (κ2) is 6.85. The van der Waals surface area contributed by atoms with Crippen molar-refractivity contribution in [3.05, 3.63) is 23.0 Å². The van der Waals surface area contributed by atoms with Crippen molar-refractivity contribution in [3.63, 3.8) is 0 Å². The minimum absolute atomic E-state index is 0.156. The maximum absolute atomic E-state index is 12.2. The van der Waals surface area contributed by atoms with E-state index in [-0.39, 0.29) is 22.7 Å². The lowest BCUT2D eigenvalue weighted by molar-refractivity contribution is -0.133. The molecule has 2 heterocycles. The number of halogens is 1. The topological polar surface area (TPSA) is 66.4 Å². The molecule has 0 aliphatic carbocycles. The quantitative estimate of drug-likeness (QED) is 0.848. The van der Waals surface area contributed by atoms with Crippen LogP contribution in [0.2, 0.25) is 5.15 Å². The molecule has 1 aliphatic rings. The van der Waals surface area contributed by atoms with Crippen LogP contribution in [0.1, 0.15) is 30.8 Å². The Labute approximate surface area is 129 Å². The summed E-state index contributed by atoms with van der Waals surface area (Å²) in [7, 11) is 0. The summed E-state index contributed by atoms with van der Waals surface area (Å²) in [5, 5.41) is 7.73. The molecule has 2 amide bonds. The van der Waals surface area contributed by atoms with Gasteiger partial charge in [-0.15, -0.1) is 10.2 Å². The third kappa shape index (κ3) is 4.14. The number of aromatic nitrogens is 2. The molecule has 0 saturated carbocycles. The van der Waals surface area contributed by atoms with Gasteiger partial charge in [0.2, 0.25) is 5.91 Å². The van der Waals surface area contributed by atoms with E-state index in [1.165, 1.54) is 0 Å². The minimum Gasteiger partial charge on any atom is -0.339 e. The van der Waals surface area contributed by atoms with Gasteiger partial charge in [-0.1, -0.05) is 25.4 Å². The summed E-state index contributed by atoms with van der Waals surface area (Å²) >= 11 is 5.65. The molecule has 0 spiro atoms. The summed E-state index contributed by atoms with van der Waals surface area (Å²) in [5.74, 6) is 0.333. The fourth-order valence-corrected chi connectivity index (χ4v) is 2.33. The zero-order valence-corrected chi connectivity index (χ0v) is 13.0. The predicted molar refractivity (Wildman–Crippen MR) is 79.0 cm³/mol. The number of carbonyl (C=O) groups is 2. The van der Waals surface area contributed by atoms with Crippen LogP contribution in [0.25, 0.3) is 0 Å². The fourth-order valence-electron chi connectivity index (χ4n) is 2.23. The Morgan fingerprint density at radius 1 is 1.14 bits per heavy atom. The highest BCUT2D eigenvalue weighted by Gasteiger charge is 2.25. The molecule has 0 bridgehead atoms. The highest BCUT2D eigenvalue weighted by molar-refractivity contribution is 6.29. The highest BCUT2D eigenvalue weighted by Crippen LogP contribution is 2.11. The number of carbonyl (C=O) groups excluding carboxylic acids is 2. The van der Waals surface area contributed by atoms with Crippen molar-refractivity contribution < 1.29 is 9.59 Å². The monoisotopic (exact) mass is 310 g/mol. The van der Waals surface area contributed by atoms with Crippen LogP contribution < -0.4 is 0 Å². The third-order valence-electron chi connectivity index (χ3n) is 3.35. The summed E-state index contributed by atoms with van der Waals surface area (Å²) in [4.78, 5) is 27.7. The molecule has 7 heteroatoms. The van der Waals surface area contributed by atoms with Crippen molar-refractivity contribution in [2.24, 2.45) is 5.92 Å². The molecule has 2 rings (SSSR count). The summed E-state index contributed by atoms with van der Waals surface area (Å²) in [5.41, 5.74) is 0.279. The first kappa shape index (κ1) is 15.7. The third-order valence-corrected chi connectivity index (χ3v) is 3.56. The van der Waals surface area contributed by atoms with Gasteiger partial charge in [0.05, 0.1) is 0 Å². The Hall–Kier alpha value is -1.69. The average molecular weight is 311 g/mol. The Balaban J connectivity index is 1.90. The molecule has 6 nitrogen and oxygen atoms in total. The Kier molecular flexibility index (Phi) is 5.12. The molecule has 0 unspecified atom stereocenters. The molecule has 1 aromatic heterocycles. The first-order valence-electron chi connectivity index (χ1n) is 7.03. The van der Waals surface area contributed by atoms with Gasteiger partial charge in [-0.2, -0.15) is 0 Å². The fraction of sp³-hybridized carbons (Fsp3) is 0.571. The molecule has 0 aromatic carbocycles. The van der Waals surface area contributed by atoms with Crippen LogP contribution in [0.5, 0.6) is 0 Å². The van der Waals surface area contributed by atoms with Crippen LogP contribution in [0, 0.1) is 5.92 Å². The van der Waals surface area contributed by atoms with E-state index < -0.39 is 0 Å². The summed E-state index contributed by atoms with van der Waals surface area (Å²) in [6.07, 6.45) is 0.552. The van der Waals surface area contributed by atoms with Gasteiger partial charge in [0.15, 0.2) is 10.8 Å². The van der Waals surface area contributed by atoms with Crippen molar-refractivity contribution in [3.8, 4) is 0 Å². The lowest BCUT2D eigenvalue weighted by Gasteiger charge is -2.34. The van der Waals surface area contributed by atoms with E-state index in [2.05, 4.69) is 10.2 Å². The average Bonchev–Trinajstić information content (AvgIpc) is 2.47. The van der Waals surface area contributed by atoms with E-state index >= 15 is 0 Å². The zero-order chi connectivity index (χ0) is 15.4. The van der Waals surface area contributed by atoms with Gasteiger partial charge in [-0.05, 0) is 18.1 Å². The zero-order valence-electron chi connectivity index (χ0n) is 12.3. The highest BCUT2D eigenvalue weighted by atomic mass is 35.5. The number of amides is 2. The van der Waals surface area contributed by atoms with E-state index in [0.29, 0.717) is 38.5 Å². The maximum atomic E-state index is 12.2. The van der Waals surface area contributed by atoms with Gasteiger partial charge in [-0.3, -0.25) is 9.59 Å². The Morgan fingerprint density at radius 2 is 1.76 bits per heavy atom. The molecule has 1 fully saturated rings. The van der Waals surface area contributed by atoms with Crippen LogP contribution in [0.4, 0.5) is 0 Å². The van der Waals surface area contributed by atoms with Crippen LogP contribution >= 0.6 is 11.6 Å². The number of hydrogen-bond donors (Lipinski definition) is 0. The molecule has 0 atom stereocenters.